The van der Waals surface area contributed by atoms with Gasteiger partial charge in [-0.25, -0.2) is 9.97 Å². The minimum atomic E-state index is -0.205. The first-order chi connectivity index (χ1) is 23.8. The molecule has 2 aliphatic carbocycles. The molecule has 234 valence electrons. The second kappa shape index (κ2) is 9.87. The molecule has 0 fully saturated rings. The Morgan fingerprint density at radius 1 is 0.469 bits per heavy atom. The number of hydrogen-bond donors (Lipinski definition) is 0. The van der Waals surface area contributed by atoms with Crippen LogP contribution in [0, 0.1) is 0 Å². The van der Waals surface area contributed by atoms with E-state index in [1.807, 2.05) is 0 Å². The average Bonchev–Trinajstić information content (AvgIpc) is 3.69. The van der Waals surface area contributed by atoms with E-state index in [1.54, 1.807) is 0 Å². The van der Waals surface area contributed by atoms with Crippen molar-refractivity contribution in [2.24, 2.45) is 0 Å². The number of rotatable bonds is 3. The van der Waals surface area contributed by atoms with Crippen LogP contribution in [0.2, 0.25) is 0 Å². The lowest BCUT2D eigenvalue weighted by molar-refractivity contribution is 0.658. The maximum atomic E-state index is 5.33. The number of para-hydroxylation sites is 1. The summed E-state index contributed by atoms with van der Waals surface area (Å²) < 4.78 is 2.46. The number of nitrogens with zero attached hydrogens (tertiary/aromatic N) is 3. The Hall–Kier alpha value is -5.80. The van der Waals surface area contributed by atoms with Crippen LogP contribution < -0.4 is 0 Å². The molecule has 2 aliphatic rings. The van der Waals surface area contributed by atoms with Crippen molar-refractivity contribution in [3.8, 4) is 50.7 Å². The summed E-state index contributed by atoms with van der Waals surface area (Å²) in [4.78, 5) is 10.6. The number of hydrogen-bond acceptors (Lipinski definition) is 2. The highest BCUT2D eigenvalue weighted by Gasteiger charge is 2.40. The van der Waals surface area contributed by atoms with Gasteiger partial charge < -0.3 is 4.57 Å². The Morgan fingerprint density at radius 2 is 1.10 bits per heavy atom. The first-order valence-electron chi connectivity index (χ1n) is 17.2. The lowest BCUT2D eigenvalue weighted by Crippen LogP contribution is -2.17. The van der Waals surface area contributed by atoms with E-state index in [4.69, 9.17) is 9.97 Å². The van der Waals surface area contributed by atoms with E-state index in [-0.39, 0.29) is 10.8 Å². The molecule has 8 aromatic rings. The van der Waals surface area contributed by atoms with Gasteiger partial charge in [-0.2, -0.15) is 0 Å². The zero-order valence-electron chi connectivity index (χ0n) is 28.1. The molecule has 2 heterocycles. The smallest absolute Gasteiger partial charge is 0.160 e. The van der Waals surface area contributed by atoms with E-state index in [9.17, 15) is 0 Å². The molecule has 6 aromatic carbocycles. The van der Waals surface area contributed by atoms with Crippen LogP contribution in [0.15, 0.2) is 140 Å². The summed E-state index contributed by atoms with van der Waals surface area (Å²) in [5.41, 5.74) is 16.6. The summed E-state index contributed by atoms with van der Waals surface area (Å²) in [5, 5.41) is 2.55. The second-order valence-corrected chi connectivity index (χ2v) is 14.6. The van der Waals surface area contributed by atoms with Gasteiger partial charge in [-0.15, -0.1) is 0 Å². The lowest BCUT2D eigenvalue weighted by Gasteiger charge is -2.23. The Bertz CT molecular complexity index is 2640. The summed E-state index contributed by atoms with van der Waals surface area (Å²) >= 11 is 0. The molecule has 0 N–H and O–H groups in total. The second-order valence-electron chi connectivity index (χ2n) is 14.6. The fourth-order valence-corrected chi connectivity index (χ4v) is 8.82. The van der Waals surface area contributed by atoms with Gasteiger partial charge in [0.25, 0.3) is 0 Å². The molecule has 0 radical (unpaired) electrons. The SMILES string of the molecule is CC1(C)c2ccccc2-c2c1ccc1c3ccccc3n(-c3ccc(-c4nc(-c5ccccc5)c5c(n4)-c4ccccc4C5(C)C)cc3)c21. The molecule has 0 saturated carbocycles. The van der Waals surface area contributed by atoms with Gasteiger partial charge in [0, 0.05) is 55.1 Å². The number of aromatic nitrogens is 3. The average molecular weight is 630 g/mol. The van der Waals surface area contributed by atoms with E-state index in [0.29, 0.717) is 0 Å². The van der Waals surface area contributed by atoms with Gasteiger partial charge in [-0.1, -0.05) is 137 Å². The molecule has 0 unspecified atom stereocenters. The van der Waals surface area contributed by atoms with Crippen LogP contribution in [0.3, 0.4) is 0 Å². The Morgan fingerprint density at radius 3 is 1.88 bits per heavy atom. The van der Waals surface area contributed by atoms with Crippen molar-refractivity contribution in [2.45, 2.75) is 38.5 Å². The molecule has 0 amide bonds. The van der Waals surface area contributed by atoms with E-state index < -0.39 is 0 Å². The van der Waals surface area contributed by atoms with Gasteiger partial charge in [0.2, 0.25) is 0 Å². The molecule has 10 rings (SSSR count). The summed E-state index contributed by atoms with van der Waals surface area (Å²) in [6.45, 7) is 9.30. The van der Waals surface area contributed by atoms with Crippen LogP contribution in [-0.2, 0) is 10.8 Å². The van der Waals surface area contributed by atoms with Gasteiger partial charge >= 0.3 is 0 Å². The highest BCUT2D eigenvalue weighted by Crippen LogP contribution is 2.53. The van der Waals surface area contributed by atoms with Crippen LogP contribution >= 0.6 is 0 Å². The maximum Gasteiger partial charge on any atom is 0.160 e. The van der Waals surface area contributed by atoms with Crippen LogP contribution in [0.5, 0.6) is 0 Å². The van der Waals surface area contributed by atoms with Gasteiger partial charge in [0.1, 0.15) is 0 Å². The van der Waals surface area contributed by atoms with Crippen molar-refractivity contribution in [2.75, 3.05) is 0 Å². The molecule has 0 saturated heterocycles. The largest absolute Gasteiger partial charge is 0.309 e. The van der Waals surface area contributed by atoms with Gasteiger partial charge in [-0.05, 0) is 52.6 Å². The third kappa shape index (κ3) is 3.79. The van der Waals surface area contributed by atoms with Crippen molar-refractivity contribution >= 4 is 21.8 Å². The monoisotopic (exact) mass is 629 g/mol. The van der Waals surface area contributed by atoms with Crippen molar-refractivity contribution in [1.29, 1.82) is 0 Å². The van der Waals surface area contributed by atoms with E-state index in [2.05, 4.69) is 172 Å². The zero-order chi connectivity index (χ0) is 33.1. The molecule has 2 aromatic heterocycles. The normalized spacial score (nSPS) is 14.9. The predicted molar refractivity (Wildman–Crippen MR) is 202 cm³/mol. The van der Waals surface area contributed by atoms with Gasteiger partial charge in [0.05, 0.1) is 22.4 Å². The quantitative estimate of drug-likeness (QED) is 0.195. The first-order valence-corrected chi connectivity index (χ1v) is 17.2. The van der Waals surface area contributed by atoms with E-state index in [0.717, 1.165) is 34.0 Å². The third-order valence-corrected chi connectivity index (χ3v) is 11.2. The Kier molecular flexibility index (Phi) is 5.69. The summed E-state index contributed by atoms with van der Waals surface area (Å²) in [6.07, 6.45) is 0. The van der Waals surface area contributed by atoms with Gasteiger partial charge in [-0.3, -0.25) is 0 Å². The maximum absolute atomic E-state index is 5.33. The van der Waals surface area contributed by atoms with Gasteiger partial charge in [0.15, 0.2) is 5.82 Å². The summed E-state index contributed by atoms with van der Waals surface area (Å²) in [5.74, 6) is 0.746. The fraction of sp³-hybridized carbons (Fsp3) is 0.130. The molecule has 0 spiro atoms. The van der Waals surface area contributed by atoms with Crippen LogP contribution in [0.4, 0.5) is 0 Å². The highest BCUT2D eigenvalue weighted by molar-refractivity contribution is 6.15. The molecule has 3 nitrogen and oxygen atoms in total. The number of benzene rings is 6. The first kappa shape index (κ1) is 28.2. The lowest BCUT2D eigenvalue weighted by atomic mass is 9.81. The molecule has 0 atom stereocenters. The van der Waals surface area contributed by atoms with Crippen molar-refractivity contribution in [3.05, 3.63) is 162 Å². The number of fused-ring (bicyclic) bond motifs is 10. The van der Waals surface area contributed by atoms with Crippen molar-refractivity contribution in [3.63, 3.8) is 0 Å². The third-order valence-electron chi connectivity index (χ3n) is 11.2. The Labute approximate surface area is 286 Å². The molecular weight excluding hydrogens is 595 g/mol. The summed E-state index contributed by atoms with van der Waals surface area (Å²) in [7, 11) is 0. The summed E-state index contributed by atoms with van der Waals surface area (Å²) in [6, 6.07) is 50.5. The van der Waals surface area contributed by atoms with Crippen molar-refractivity contribution < 1.29 is 0 Å². The highest BCUT2D eigenvalue weighted by atomic mass is 15.0. The Balaban J connectivity index is 1.19. The fourth-order valence-electron chi connectivity index (χ4n) is 8.82. The predicted octanol–water partition coefficient (Wildman–Crippen LogP) is 11.5. The van der Waals surface area contributed by atoms with E-state index in [1.165, 1.54) is 60.8 Å². The molecule has 3 heteroatoms. The minimum absolute atomic E-state index is 0.0696. The zero-order valence-corrected chi connectivity index (χ0v) is 28.1. The van der Waals surface area contributed by atoms with Crippen molar-refractivity contribution in [1.82, 2.24) is 14.5 Å². The van der Waals surface area contributed by atoms with Crippen LogP contribution in [-0.4, -0.2) is 14.5 Å². The standard InChI is InChI=1S/C46H35N3/c1-45(2)35-19-11-8-17-33(35)39-37(45)27-26-32-31-16-10-13-21-38(31)49(43(32)39)30-24-22-29(23-25-30)44-47-41(28-14-6-5-7-15-28)40-42(48-44)34-18-9-12-20-36(34)46(40,3)4/h5-27H,1-4H3. The van der Waals surface area contributed by atoms with Crippen LogP contribution in [0.25, 0.3) is 72.5 Å². The van der Waals surface area contributed by atoms with E-state index >= 15 is 0 Å². The van der Waals surface area contributed by atoms with Crippen LogP contribution in [0.1, 0.15) is 49.9 Å². The topological polar surface area (TPSA) is 30.7 Å². The molecule has 0 aliphatic heterocycles. The minimum Gasteiger partial charge on any atom is -0.309 e. The molecule has 49 heavy (non-hydrogen) atoms. The molecular formula is C46H35N3. The molecule has 0 bridgehead atoms.